The average molecular weight is 372 g/mol. The van der Waals surface area contributed by atoms with Crippen LogP contribution in [0.15, 0.2) is 10.9 Å². The third-order valence-electron chi connectivity index (χ3n) is 6.69. The molecule has 0 radical (unpaired) electrons. The van der Waals surface area contributed by atoms with Gasteiger partial charge in [0, 0.05) is 18.3 Å². The van der Waals surface area contributed by atoms with Crippen molar-refractivity contribution in [1.29, 1.82) is 0 Å². The fourth-order valence-corrected chi connectivity index (χ4v) is 5.18. The van der Waals surface area contributed by atoms with Gasteiger partial charge in [0.25, 0.3) is 11.5 Å². The summed E-state index contributed by atoms with van der Waals surface area (Å²) in [6.07, 6.45) is 8.31. The van der Waals surface area contributed by atoms with E-state index in [4.69, 9.17) is 4.74 Å². The number of amides is 1. The summed E-state index contributed by atoms with van der Waals surface area (Å²) in [5, 5.41) is 0. The molecule has 0 bridgehead atoms. The van der Waals surface area contributed by atoms with E-state index in [2.05, 4.69) is 11.9 Å². The van der Waals surface area contributed by atoms with E-state index in [-0.39, 0.29) is 24.1 Å². The number of aryl methyl sites for hydroxylation is 2. The van der Waals surface area contributed by atoms with Crippen LogP contribution in [0.25, 0.3) is 0 Å². The molecule has 1 aromatic rings. The van der Waals surface area contributed by atoms with Gasteiger partial charge in [0.05, 0.1) is 0 Å². The maximum atomic E-state index is 12.7. The second-order valence-corrected chi connectivity index (χ2v) is 8.31. The quantitative estimate of drug-likeness (QED) is 0.827. The predicted octanol–water partition coefficient (Wildman–Crippen LogP) is 2.45. The van der Waals surface area contributed by atoms with Gasteiger partial charge in [-0.25, -0.2) is 4.79 Å². The van der Waals surface area contributed by atoms with Crippen LogP contribution in [-0.4, -0.2) is 41.0 Å². The van der Waals surface area contributed by atoms with Gasteiger partial charge >= 0.3 is 5.97 Å². The van der Waals surface area contributed by atoms with Crippen molar-refractivity contribution in [2.45, 2.75) is 64.3 Å². The molecule has 27 heavy (non-hydrogen) atoms. The molecule has 0 unspecified atom stereocenters. The molecule has 6 nitrogen and oxygen atoms in total. The van der Waals surface area contributed by atoms with Gasteiger partial charge in [-0.2, -0.15) is 0 Å². The number of fused-ring (bicyclic) bond motifs is 2. The summed E-state index contributed by atoms with van der Waals surface area (Å²) >= 11 is 0. The van der Waals surface area contributed by atoms with E-state index < -0.39 is 11.5 Å². The van der Waals surface area contributed by atoms with Crippen LogP contribution in [0.3, 0.4) is 0 Å². The number of nitrogens with one attached hydrogen (secondary N) is 1. The minimum atomic E-state index is -0.704. The maximum absolute atomic E-state index is 12.7. The first kappa shape index (κ1) is 18.3. The molecule has 0 spiro atoms. The van der Waals surface area contributed by atoms with Crippen molar-refractivity contribution in [3.8, 4) is 0 Å². The largest absolute Gasteiger partial charge is 0.452 e. The number of H-pyrrole nitrogens is 1. The monoisotopic (exact) mass is 372 g/mol. The highest BCUT2D eigenvalue weighted by Crippen LogP contribution is 2.38. The highest BCUT2D eigenvalue weighted by atomic mass is 16.5. The number of piperidine rings is 1. The highest BCUT2D eigenvalue weighted by molar-refractivity contribution is 5.91. The fourth-order valence-electron chi connectivity index (χ4n) is 5.18. The van der Waals surface area contributed by atoms with Crippen LogP contribution in [0, 0.1) is 11.8 Å². The SMILES string of the molecule is C[C@@H]1CCN(C(=O)COC(=O)c2cc3c([nH]c2=O)CCC3)[C@@H]2CCCC[C@@H]12. The Bertz CT molecular complexity index is 800. The summed E-state index contributed by atoms with van der Waals surface area (Å²) in [5.74, 6) is 0.369. The lowest BCUT2D eigenvalue weighted by Crippen LogP contribution is -2.53. The molecule has 1 saturated carbocycles. The third kappa shape index (κ3) is 3.54. The second kappa shape index (κ2) is 7.49. The van der Waals surface area contributed by atoms with Crippen LogP contribution >= 0.6 is 0 Å². The molecule has 6 heteroatoms. The zero-order chi connectivity index (χ0) is 19.0. The molecule has 1 amide bonds. The molecule has 3 atom stereocenters. The van der Waals surface area contributed by atoms with Gasteiger partial charge in [-0.1, -0.05) is 19.8 Å². The number of aromatic nitrogens is 1. The zero-order valence-electron chi connectivity index (χ0n) is 16.0. The number of aromatic amines is 1. The van der Waals surface area contributed by atoms with Gasteiger partial charge in [-0.3, -0.25) is 9.59 Å². The second-order valence-electron chi connectivity index (χ2n) is 8.31. The van der Waals surface area contributed by atoms with Crippen LogP contribution < -0.4 is 5.56 Å². The predicted molar refractivity (Wildman–Crippen MR) is 101 cm³/mol. The van der Waals surface area contributed by atoms with Gasteiger partial charge in [0.1, 0.15) is 5.56 Å². The Morgan fingerprint density at radius 3 is 2.85 bits per heavy atom. The lowest BCUT2D eigenvalue weighted by molar-refractivity contribution is -0.142. The number of esters is 1. The zero-order valence-corrected chi connectivity index (χ0v) is 16.0. The minimum absolute atomic E-state index is 0.00580. The molecule has 1 N–H and O–H groups in total. The molecule has 146 valence electrons. The Kier molecular flexibility index (Phi) is 5.06. The number of nitrogens with zero attached hydrogens (tertiary/aromatic N) is 1. The number of hydrogen-bond donors (Lipinski definition) is 1. The molecule has 1 saturated heterocycles. The Labute approximate surface area is 159 Å². The van der Waals surface area contributed by atoms with E-state index in [0.717, 1.165) is 56.3 Å². The number of likely N-dealkylation sites (tertiary alicyclic amines) is 1. The van der Waals surface area contributed by atoms with Gasteiger partial charge in [-0.15, -0.1) is 0 Å². The summed E-state index contributed by atoms with van der Waals surface area (Å²) in [4.78, 5) is 41.9. The van der Waals surface area contributed by atoms with Crippen molar-refractivity contribution in [2.75, 3.05) is 13.2 Å². The molecule has 4 rings (SSSR count). The van der Waals surface area contributed by atoms with Gasteiger partial charge in [0.15, 0.2) is 6.61 Å². The standard InChI is InChI=1S/C21H28N2O4/c1-13-9-10-23(18-8-3-2-6-15(13)18)19(24)12-27-21(26)16-11-14-5-4-7-17(14)22-20(16)25/h11,13,15,18H,2-10,12H2,1H3,(H,22,25)/t13-,15+,18-/m1/s1. The van der Waals surface area contributed by atoms with Gasteiger partial charge in [0.2, 0.25) is 0 Å². The molecule has 1 aromatic heterocycles. The summed E-state index contributed by atoms with van der Waals surface area (Å²) in [7, 11) is 0. The first-order valence-corrected chi connectivity index (χ1v) is 10.3. The highest BCUT2D eigenvalue weighted by Gasteiger charge is 2.39. The Balaban J connectivity index is 1.40. The average Bonchev–Trinajstić information content (AvgIpc) is 3.13. The topological polar surface area (TPSA) is 79.5 Å². The number of ether oxygens (including phenoxy) is 1. The third-order valence-corrected chi connectivity index (χ3v) is 6.69. The summed E-state index contributed by atoms with van der Waals surface area (Å²) in [6.45, 7) is 2.73. The molecule has 2 heterocycles. The van der Waals surface area contributed by atoms with Crippen molar-refractivity contribution in [2.24, 2.45) is 11.8 Å². The Morgan fingerprint density at radius 1 is 1.19 bits per heavy atom. The molecular formula is C21H28N2O4. The van der Waals surface area contributed by atoms with Crippen molar-refractivity contribution < 1.29 is 14.3 Å². The molecule has 0 aromatic carbocycles. The molecule has 1 aliphatic heterocycles. The summed E-state index contributed by atoms with van der Waals surface area (Å²) in [6, 6.07) is 1.91. The normalized spacial score (nSPS) is 27.0. The van der Waals surface area contributed by atoms with Crippen molar-refractivity contribution in [3.05, 3.63) is 33.2 Å². The van der Waals surface area contributed by atoms with E-state index in [1.165, 1.54) is 12.8 Å². The van der Waals surface area contributed by atoms with Gasteiger partial charge < -0.3 is 14.6 Å². The molecular weight excluding hydrogens is 344 g/mol. The minimum Gasteiger partial charge on any atom is -0.452 e. The number of carbonyl (C=O) groups is 2. The van der Waals surface area contributed by atoms with Crippen molar-refractivity contribution in [1.82, 2.24) is 9.88 Å². The maximum Gasteiger partial charge on any atom is 0.344 e. The molecule has 3 aliphatic rings. The summed E-state index contributed by atoms with van der Waals surface area (Å²) < 4.78 is 5.24. The molecule has 2 aliphatic carbocycles. The smallest absolute Gasteiger partial charge is 0.344 e. The Hall–Kier alpha value is -2.11. The van der Waals surface area contributed by atoms with E-state index in [1.54, 1.807) is 6.07 Å². The number of rotatable bonds is 3. The summed E-state index contributed by atoms with van der Waals surface area (Å²) in [5.41, 5.74) is 1.50. The Morgan fingerprint density at radius 2 is 2.00 bits per heavy atom. The first-order chi connectivity index (χ1) is 13.0. The lowest BCUT2D eigenvalue weighted by Gasteiger charge is -2.47. The van der Waals surface area contributed by atoms with E-state index in [9.17, 15) is 14.4 Å². The lowest BCUT2D eigenvalue weighted by atomic mass is 9.72. The fraction of sp³-hybridized carbons (Fsp3) is 0.667. The van der Waals surface area contributed by atoms with Crippen LogP contribution in [0.1, 0.15) is 67.1 Å². The van der Waals surface area contributed by atoms with E-state index in [1.807, 2.05) is 4.90 Å². The molecule has 2 fully saturated rings. The number of pyridine rings is 1. The van der Waals surface area contributed by atoms with E-state index in [0.29, 0.717) is 11.8 Å². The van der Waals surface area contributed by atoms with Crippen molar-refractivity contribution in [3.63, 3.8) is 0 Å². The number of carbonyl (C=O) groups excluding carboxylic acids is 2. The number of hydrogen-bond acceptors (Lipinski definition) is 4. The van der Waals surface area contributed by atoms with Crippen LogP contribution in [0.5, 0.6) is 0 Å². The van der Waals surface area contributed by atoms with Crippen molar-refractivity contribution >= 4 is 11.9 Å². The van der Waals surface area contributed by atoms with Crippen LogP contribution in [-0.2, 0) is 22.4 Å². The van der Waals surface area contributed by atoms with E-state index >= 15 is 0 Å². The first-order valence-electron chi connectivity index (χ1n) is 10.3. The van der Waals surface area contributed by atoms with Crippen LogP contribution in [0.4, 0.5) is 0 Å². The van der Waals surface area contributed by atoms with Gasteiger partial charge in [-0.05, 0) is 62.0 Å². The van der Waals surface area contributed by atoms with Crippen LogP contribution in [0.2, 0.25) is 0 Å².